The molecule has 0 saturated carbocycles. The first-order chi connectivity index (χ1) is 72.9. The van der Waals surface area contributed by atoms with Gasteiger partial charge in [-0.05, 0) is 209 Å². The third-order valence-corrected chi connectivity index (χ3v) is 30.0. The second kappa shape index (κ2) is 35.0. The molecule has 0 bridgehead atoms. The van der Waals surface area contributed by atoms with E-state index in [0.29, 0.717) is 52.7 Å². The number of hydrogen-bond acceptors (Lipinski definition) is 9. The first kappa shape index (κ1) is 86.9. The lowest BCUT2D eigenvalue weighted by Gasteiger charge is -2.14. The summed E-state index contributed by atoms with van der Waals surface area (Å²) < 4.78 is 6.89. The van der Waals surface area contributed by atoms with Crippen LogP contribution in [-0.4, -0.2) is 58.6 Å². The molecule has 0 atom stereocenters. The normalized spacial score (nSPS) is 11.8. The number of nitrogens with zero attached hydrogens (tertiary/aromatic N) is 12. The molecule has 0 aliphatic heterocycles. The Morgan fingerprint density at radius 1 is 0.128 bits per heavy atom. The molecule has 32 rings (SSSR count). The van der Waals surface area contributed by atoms with Gasteiger partial charge in [0, 0.05) is 76.9 Å². The van der Waals surface area contributed by atoms with Crippen molar-refractivity contribution in [2.75, 3.05) is 0 Å². The second-order valence-corrected chi connectivity index (χ2v) is 38.0. The molecule has 23 aromatic carbocycles. The van der Waals surface area contributed by atoms with E-state index < -0.39 is 0 Å². The number of fused-ring (bicyclic) bond motifs is 13. The van der Waals surface area contributed by atoms with E-state index in [1.165, 1.54) is 159 Å². The van der Waals surface area contributed by atoms with Gasteiger partial charge in [-0.1, -0.05) is 433 Å². The molecular formula is C137H88N12. The zero-order chi connectivity index (χ0) is 96.4. The smallest absolute Gasteiger partial charge is 0.238 e. The Kier molecular flexibility index (Phi) is 20.4. The van der Waals surface area contributed by atoms with Crippen LogP contribution in [0.3, 0.4) is 0 Å². The maximum atomic E-state index is 5.28. The maximum absolute atomic E-state index is 5.28. The van der Waals surface area contributed by atoms with Crippen molar-refractivity contribution in [3.05, 3.63) is 485 Å². The quantitative estimate of drug-likeness (QED) is 0.116. The van der Waals surface area contributed by atoms with Gasteiger partial charge in [0.15, 0.2) is 40.8 Å². The van der Waals surface area contributed by atoms with Crippen LogP contribution >= 0.6 is 0 Å². The first-order valence-corrected chi connectivity index (χ1v) is 49.8. The average molecular weight is 1900 g/mol. The average Bonchev–Trinajstić information content (AvgIpc) is 1.55. The molecular weight excluding hydrogens is 1810 g/mol. The van der Waals surface area contributed by atoms with Crippen LogP contribution in [0.2, 0.25) is 0 Å². The molecule has 0 N–H and O–H groups in total. The van der Waals surface area contributed by atoms with Crippen LogP contribution in [0.25, 0.3) is 305 Å². The number of rotatable bonds is 11. The summed E-state index contributed by atoms with van der Waals surface area (Å²) in [5, 5.41) is 22.2. The molecule has 0 spiro atoms. The van der Waals surface area contributed by atoms with Crippen LogP contribution in [-0.2, 0) is 0 Å². The van der Waals surface area contributed by atoms with Gasteiger partial charge in [-0.15, -0.1) is 0 Å². The Bertz CT molecular complexity index is 10600. The fraction of sp³-hybridized carbons (Fsp3) is 0.0146. The van der Waals surface area contributed by atoms with Gasteiger partial charge >= 0.3 is 0 Å². The van der Waals surface area contributed by atoms with Gasteiger partial charge in [-0.25, -0.2) is 24.9 Å². The minimum atomic E-state index is 0. The highest BCUT2D eigenvalue weighted by Crippen LogP contribution is 2.55. The van der Waals surface area contributed by atoms with Crippen molar-refractivity contribution >= 4 is 130 Å². The minimum absolute atomic E-state index is 0. The highest BCUT2D eigenvalue weighted by molar-refractivity contribution is 6.34. The molecule has 696 valence electrons. The Labute approximate surface area is 857 Å². The van der Waals surface area contributed by atoms with E-state index in [9.17, 15) is 0 Å². The van der Waals surface area contributed by atoms with Gasteiger partial charge in [-0.2, -0.15) is 19.9 Å². The molecule has 0 saturated heterocycles. The summed E-state index contributed by atoms with van der Waals surface area (Å²) in [6.45, 7) is 0. The zero-order valence-electron chi connectivity index (χ0n) is 79.1. The summed E-state index contributed by atoms with van der Waals surface area (Å²) in [6.07, 6.45) is 0. The van der Waals surface area contributed by atoms with E-state index in [-0.39, 0.29) is 14.9 Å². The summed E-state index contributed by atoms with van der Waals surface area (Å²) in [5.41, 5.74) is 31.7. The van der Waals surface area contributed by atoms with Crippen molar-refractivity contribution in [1.82, 2.24) is 58.6 Å². The molecule has 0 radical (unpaired) electrons. The van der Waals surface area contributed by atoms with Crippen LogP contribution in [0.1, 0.15) is 14.9 Å². The Morgan fingerprint density at radius 2 is 0.389 bits per heavy atom. The lowest BCUT2D eigenvalue weighted by atomic mass is 9.93. The molecule has 0 unspecified atom stereocenters. The van der Waals surface area contributed by atoms with Gasteiger partial charge in [-0.3, -0.25) is 9.13 Å². The van der Waals surface area contributed by atoms with Crippen LogP contribution in [0.4, 0.5) is 0 Å². The fourth-order valence-corrected chi connectivity index (χ4v) is 23.5. The predicted molar refractivity (Wildman–Crippen MR) is 618 cm³/mol. The maximum Gasteiger partial charge on any atom is 0.238 e. The van der Waals surface area contributed by atoms with Gasteiger partial charge in [0.25, 0.3) is 0 Å². The standard InChI is InChI=1S/C49H30N4.C45H26N4.C41H24N4.2CH4/c1-3-13-31(14-4-1)36-18-7-10-21-41(36)49-51-47(33-15-5-2-6-16-33)50-48(52-49)34-25-28-35(29-26-34)53-42-24-12-23-40-38-20-9-8-19-37(38)39-22-11-17-32-27-30-43(53)46(44(32)39)45(40)42;1-2-11-29(12-3-1)43-46-44(31-22-24-33-30(26-31)21-20-27-10-4-5-14-32(27)33)48-45(47-43)49-38-19-9-18-37-35-16-7-6-15-34(35)36-17-8-13-28-23-25-39(49)42(40(28)36)41(37)38;1-2-12-27(13-3-1)39-42-40(33-21-8-14-25-11-4-5-16-28(25)33)44-41(43-39)45-34-22-10-20-32-30-18-7-6-17-29(30)31-19-9-15-26-23-24-35(45)38(36(26)31)37(32)34;;/h1-30H;1-26H;1-24H;2*1H4. The Morgan fingerprint density at radius 3 is 0.832 bits per heavy atom. The summed E-state index contributed by atoms with van der Waals surface area (Å²) in [6, 6.07) is 172. The van der Waals surface area contributed by atoms with E-state index in [2.05, 4.69) is 420 Å². The third kappa shape index (κ3) is 13.9. The van der Waals surface area contributed by atoms with E-state index >= 15 is 0 Å². The summed E-state index contributed by atoms with van der Waals surface area (Å²) in [5.74, 6) is 5.71. The van der Waals surface area contributed by atoms with Gasteiger partial charge in [0.05, 0.1) is 33.1 Å². The predicted octanol–water partition coefficient (Wildman–Crippen LogP) is 35.4. The highest BCUT2D eigenvalue weighted by Gasteiger charge is 2.32. The summed E-state index contributed by atoms with van der Waals surface area (Å²) in [4.78, 5) is 46.3. The molecule has 0 fully saturated rings. The SMILES string of the molecule is C.C.c1ccc(-c2nc(-c3ccc(-n4c5cccc6c5c5c7c(cccc7ccc54)-c4ccccc4-6)cc3)nc(-c3ccccc3-c3ccccc3)n2)cc1.c1ccc(-c2nc(-c3ccc4c(ccc5ccccc54)c3)nc(-n3c4cccc5c4c4c6c(cccc6ccc43)-c3ccccc3-5)n2)cc1.c1ccc(-c2nc(-c3cccc4ccccc34)nc(-n3c4cccc5c4c4c6c(cccc6ccc43)-c3ccccc3-5)n2)cc1. The van der Waals surface area contributed by atoms with Crippen LogP contribution < -0.4 is 0 Å². The molecule has 149 heavy (non-hydrogen) atoms. The lowest BCUT2D eigenvalue weighted by Crippen LogP contribution is -2.06. The first-order valence-electron chi connectivity index (χ1n) is 49.8. The van der Waals surface area contributed by atoms with E-state index in [4.69, 9.17) is 44.9 Å². The van der Waals surface area contributed by atoms with Gasteiger partial charge in [0.1, 0.15) is 0 Å². The van der Waals surface area contributed by atoms with Crippen molar-refractivity contribution in [2.45, 2.75) is 14.9 Å². The molecule has 29 aromatic rings. The largest absolute Gasteiger partial charge is 0.309 e. The van der Waals surface area contributed by atoms with Crippen molar-refractivity contribution in [3.63, 3.8) is 0 Å². The molecule has 3 aliphatic rings. The van der Waals surface area contributed by atoms with E-state index in [1.807, 2.05) is 78.9 Å². The van der Waals surface area contributed by atoms with Crippen molar-refractivity contribution in [1.29, 1.82) is 0 Å². The van der Waals surface area contributed by atoms with E-state index in [1.54, 1.807) is 0 Å². The number of aromatic nitrogens is 12. The van der Waals surface area contributed by atoms with Gasteiger partial charge in [0.2, 0.25) is 11.9 Å². The van der Waals surface area contributed by atoms with Crippen LogP contribution in [0.5, 0.6) is 0 Å². The summed E-state index contributed by atoms with van der Waals surface area (Å²) in [7, 11) is 0. The lowest BCUT2D eigenvalue weighted by molar-refractivity contribution is 0.953. The second-order valence-electron chi connectivity index (χ2n) is 38.0. The van der Waals surface area contributed by atoms with Crippen molar-refractivity contribution in [3.8, 4) is 175 Å². The zero-order valence-corrected chi connectivity index (χ0v) is 79.1. The molecule has 6 aromatic heterocycles. The highest BCUT2D eigenvalue weighted by atomic mass is 15.2. The molecule has 0 amide bonds. The third-order valence-electron chi connectivity index (χ3n) is 30.0. The molecule has 6 heterocycles. The fourth-order valence-electron chi connectivity index (χ4n) is 23.5. The van der Waals surface area contributed by atoms with Crippen molar-refractivity contribution < 1.29 is 0 Å². The Hall–Kier alpha value is -20.0. The number of hydrogen-bond donors (Lipinski definition) is 0. The summed E-state index contributed by atoms with van der Waals surface area (Å²) >= 11 is 0. The van der Waals surface area contributed by atoms with Crippen molar-refractivity contribution in [2.24, 2.45) is 0 Å². The molecule has 3 aliphatic carbocycles. The molecule has 12 heteroatoms. The molecule has 12 nitrogen and oxygen atoms in total. The van der Waals surface area contributed by atoms with Crippen LogP contribution in [0.15, 0.2) is 485 Å². The number of benzene rings is 23. The Balaban J connectivity index is 0.000000107. The van der Waals surface area contributed by atoms with Gasteiger partial charge < -0.3 is 4.57 Å². The van der Waals surface area contributed by atoms with Crippen LogP contribution in [0, 0.1) is 0 Å². The topological polar surface area (TPSA) is 131 Å². The monoisotopic (exact) mass is 1900 g/mol. The van der Waals surface area contributed by atoms with E-state index in [0.717, 1.165) is 94.0 Å². The minimum Gasteiger partial charge on any atom is -0.309 e.